The van der Waals surface area contributed by atoms with Crippen molar-refractivity contribution in [1.29, 1.82) is 0 Å². The first kappa shape index (κ1) is 19.8. The molecular weight excluding hydrogens is 356 g/mol. The Bertz CT molecular complexity index is 679. The van der Waals surface area contributed by atoms with Crippen LogP contribution in [0.1, 0.15) is 34.4 Å². The van der Waals surface area contributed by atoms with Crippen LogP contribution >= 0.6 is 23.7 Å². The highest BCUT2D eigenvalue weighted by molar-refractivity contribution is 7.09. The summed E-state index contributed by atoms with van der Waals surface area (Å²) in [5.74, 6) is 0.380. The minimum absolute atomic E-state index is 0. The van der Waals surface area contributed by atoms with Crippen LogP contribution in [0.15, 0.2) is 35.7 Å². The number of hydrogen-bond donors (Lipinski definition) is 2. The summed E-state index contributed by atoms with van der Waals surface area (Å²) in [5, 5.41) is 5.67. The van der Waals surface area contributed by atoms with Crippen molar-refractivity contribution in [2.45, 2.75) is 32.5 Å². The van der Waals surface area contributed by atoms with Crippen molar-refractivity contribution < 1.29 is 4.79 Å². The van der Waals surface area contributed by atoms with Crippen molar-refractivity contribution in [2.75, 3.05) is 13.1 Å². The number of halogens is 1. The SMILES string of the molecule is CC(NC(=O)c1csc(CN)n1)C1CCN(Cc2ccccc2)C1.Cl. The molecule has 1 amide bonds. The molecule has 1 fully saturated rings. The zero-order chi connectivity index (χ0) is 16.9. The second kappa shape index (κ2) is 9.29. The first-order chi connectivity index (χ1) is 11.7. The molecule has 1 aliphatic heterocycles. The average Bonchev–Trinajstić information content (AvgIpc) is 3.25. The molecule has 0 bridgehead atoms. The lowest BCUT2D eigenvalue weighted by Crippen LogP contribution is -2.39. The molecule has 1 saturated heterocycles. The van der Waals surface area contributed by atoms with Gasteiger partial charge in [-0.05, 0) is 31.4 Å². The molecule has 1 aromatic heterocycles. The van der Waals surface area contributed by atoms with Crippen molar-refractivity contribution in [3.05, 3.63) is 52.0 Å². The van der Waals surface area contributed by atoms with Gasteiger partial charge in [0, 0.05) is 31.1 Å². The number of nitrogens with two attached hydrogens (primary N) is 1. The minimum Gasteiger partial charge on any atom is -0.348 e. The quantitative estimate of drug-likeness (QED) is 0.808. The Labute approximate surface area is 159 Å². The van der Waals surface area contributed by atoms with Gasteiger partial charge < -0.3 is 11.1 Å². The topological polar surface area (TPSA) is 71.2 Å². The third-order valence-corrected chi connectivity index (χ3v) is 5.45. The first-order valence-electron chi connectivity index (χ1n) is 8.37. The van der Waals surface area contributed by atoms with E-state index in [0.29, 0.717) is 18.2 Å². The number of thiazole rings is 1. The Balaban J connectivity index is 0.00000225. The van der Waals surface area contributed by atoms with Gasteiger partial charge >= 0.3 is 0 Å². The zero-order valence-electron chi connectivity index (χ0n) is 14.4. The zero-order valence-corrected chi connectivity index (χ0v) is 16.0. The van der Waals surface area contributed by atoms with Crippen molar-refractivity contribution in [3.63, 3.8) is 0 Å². The summed E-state index contributed by atoms with van der Waals surface area (Å²) in [5.41, 5.74) is 7.37. The molecule has 2 unspecified atom stereocenters. The van der Waals surface area contributed by atoms with Crippen LogP contribution in [0.3, 0.4) is 0 Å². The van der Waals surface area contributed by atoms with Crippen LogP contribution in [0, 0.1) is 5.92 Å². The first-order valence-corrected chi connectivity index (χ1v) is 9.25. The van der Waals surface area contributed by atoms with Gasteiger partial charge in [-0.2, -0.15) is 0 Å². The van der Waals surface area contributed by atoms with Gasteiger partial charge in [0.2, 0.25) is 0 Å². The van der Waals surface area contributed by atoms with E-state index in [0.717, 1.165) is 31.1 Å². The third-order valence-electron chi connectivity index (χ3n) is 4.58. The van der Waals surface area contributed by atoms with Crippen molar-refractivity contribution in [3.8, 4) is 0 Å². The minimum atomic E-state index is -0.0973. The highest BCUT2D eigenvalue weighted by Gasteiger charge is 2.28. The number of benzene rings is 1. The van der Waals surface area contributed by atoms with Crippen molar-refractivity contribution >= 4 is 29.7 Å². The summed E-state index contributed by atoms with van der Waals surface area (Å²) in [4.78, 5) is 19.0. The number of hydrogen-bond acceptors (Lipinski definition) is 5. The van der Waals surface area contributed by atoms with E-state index in [2.05, 4.69) is 46.4 Å². The maximum atomic E-state index is 12.3. The fourth-order valence-electron chi connectivity index (χ4n) is 3.16. The Morgan fingerprint density at radius 3 is 2.88 bits per heavy atom. The van der Waals surface area contributed by atoms with Crippen LogP contribution in [-0.4, -0.2) is 34.9 Å². The summed E-state index contributed by atoms with van der Waals surface area (Å²) in [6.45, 7) is 5.54. The van der Waals surface area contributed by atoms with E-state index in [-0.39, 0.29) is 24.4 Å². The summed E-state index contributed by atoms with van der Waals surface area (Å²) in [6, 6.07) is 10.7. The van der Waals surface area contributed by atoms with Gasteiger partial charge in [0.05, 0.1) is 0 Å². The number of rotatable bonds is 6. The fraction of sp³-hybridized carbons (Fsp3) is 0.444. The van der Waals surface area contributed by atoms with Crippen LogP contribution in [0.4, 0.5) is 0 Å². The van der Waals surface area contributed by atoms with Gasteiger partial charge in [-0.25, -0.2) is 4.98 Å². The Morgan fingerprint density at radius 1 is 1.44 bits per heavy atom. The molecule has 0 spiro atoms. The van der Waals surface area contributed by atoms with Gasteiger partial charge in [0.15, 0.2) is 0 Å². The summed E-state index contributed by atoms with van der Waals surface area (Å²) in [7, 11) is 0. The molecule has 5 nitrogen and oxygen atoms in total. The largest absolute Gasteiger partial charge is 0.348 e. The summed E-state index contributed by atoms with van der Waals surface area (Å²) >= 11 is 1.43. The van der Waals surface area contributed by atoms with Gasteiger partial charge in [-0.3, -0.25) is 9.69 Å². The van der Waals surface area contributed by atoms with E-state index in [4.69, 9.17) is 5.73 Å². The number of likely N-dealkylation sites (tertiary alicyclic amines) is 1. The molecule has 2 atom stereocenters. The van der Waals surface area contributed by atoms with Crippen LogP contribution < -0.4 is 11.1 Å². The lowest BCUT2D eigenvalue weighted by atomic mass is 10.0. The molecule has 0 saturated carbocycles. The molecule has 25 heavy (non-hydrogen) atoms. The highest BCUT2D eigenvalue weighted by atomic mass is 35.5. The van der Waals surface area contributed by atoms with E-state index < -0.39 is 0 Å². The maximum absolute atomic E-state index is 12.3. The number of nitrogens with zero attached hydrogens (tertiary/aromatic N) is 2. The number of nitrogens with one attached hydrogen (secondary N) is 1. The molecular formula is C18H25ClN4OS. The van der Waals surface area contributed by atoms with Crippen LogP contribution in [0.25, 0.3) is 0 Å². The van der Waals surface area contributed by atoms with Crippen molar-refractivity contribution in [2.24, 2.45) is 11.7 Å². The summed E-state index contributed by atoms with van der Waals surface area (Å²) < 4.78 is 0. The van der Waals surface area contributed by atoms with Crippen LogP contribution in [0.2, 0.25) is 0 Å². The highest BCUT2D eigenvalue weighted by Crippen LogP contribution is 2.22. The summed E-state index contributed by atoms with van der Waals surface area (Å²) in [6.07, 6.45) is 1.11. The van der Waals surface area contributed by atoms with Crippen LogP contribution in [0.5, 0.6) is 0 Å². The molecule has 1 aliphatic rings. The molecule has 1 aromatic carbocycles. The van der Waals surface area contributed by atoms with E-state index in [9.17, 15) is 4.79 Å². The normalized spacial score (nSPS) is 18.6. The number of amides is 1. The second-order valence-corrected chi connectivity index (χ2v) is 7.30. The molecule has 136 valence electrons. The predicted molar refractivity (Wildman–Crippen MR) is 104 cm³/mol. The Morgan fingerprint density at radius 2 is 2.20 bits per heavy atom. The van der Waals surface area contributed by atoms with E-state index >= 15 is 0 Å². The molecule has 0 radical (unpaired) electrons. The number of carbonyl (C=O) groups excluding carboxylic acids is 1. The molecule has 2 heterocycles. The standard InChI is InChI=1S/C18H24N4OS.ClH/c1-13(20-18(23)16-12-24-17(9-19)21-16)15-7-8-22(11-15)10-14-5-3-2-4-6-14;/h2-6,12-13,15H,7-11,19H2,1H3,(H,20,23);1H. The van der Waals surface area contributed by atoms with Gasteiger partial charge in [-0.15, -0.1) is 23.7 Å². The predicted octanol–water partition coefficient (Wildman–Crippen LogP) is 2.66. The van der Waals surface area contributed by atoms with E-state index in [1.807, 2.05) is 6.07 Å². The maximum Gasteiger partial charge on any atom is 0.270 e. The van der Waals surface area contributed by atoms with Gasteiger partial charge in [0.25, 0.3) is 5.91 Å². The molecule has 7 heteroatoms. The van der Waals surface area contributed by atoms with E-state index in [1.54, 1.807) is 5.38 Å². The van der Waals surface area contributed by atoms with Crippen LogP contribution in [-0.2, 0) is 13.1 Å². The molecule has 2 aromatic rings. The second-order valence-electron chi connectivity index (χ2n) is 6.36. The Hall–Kier alpha value is -1.47. The fourth-order valence-corrected chi connectivity index (χ4v) is 3.82. The monoisotopic (exact) mass is 380 g/mol. The third kappa shape index (κ3) is 5.25. The Kier molecular flexibility index (Phi) is 7.38. The molecule has 3 rings (SSSR count). The lowest BCUT2D eigenvalue weighted by molar-refractivity contribution is 0.0922. The lowest BCUT2D eigenvalue weighted by Gasteiger charge is -2.21. The van der Waals surface area contributed by atoms with Gasteiger partial charge in [-0.1, -0.05) is 30.3 Å². The average molecular weight is 381 g/mol. The number of aromatic nitrogens is 1. The van der Waals surface area contributed by atoms with Gasteiger partial charge in [0.1, 0.15) is 10.7 Å². The number of carbonyl (C=O) groups is 1. The smallest absolute Gasteiger partial charge is 0.270 e. The molecule has 0 aliphatic carbocycles. The van der Waals surface area contributed by atoms with E-state index in [1.165, 1.54) is 16.9 Å². The molecule has 3 N–H and O–H groups in total. The van der Waals surface area contributed by atoms with Crippen molar-refractivity contribution in [1.82, 2.24) is 15.2 Å².